The highest BCUT2D eigenvalue weighted by molar-refractivity contribution is 5.88. The second-order valence-corrected chi connectivity index (χ2v) is 2.57. The molecular formula is C11H10O3. The Morgan fingerprint density at radius 2 is 2.07 bits per heavy atom. The van der Waals surface area contributed by atoms with Crippen molar-refractivity contribution in [3.63, 3.8) is 0 Å². The molecule has 72 valence electrons. The predicted octanol–water partition coefficient (Wildman–Crippen LogP) is 0.896. The van der Waals surface area contributed by atoms with Gasteiger partial charge < -0.3 is 9.84 Å². The van der Waals surface area contributed by atoms with Crippen LogP contribution in [0.1, 0.15) is 11.7 Å². The summed E-state index contributed by atoms with van der Waals surface area (Å²) >= 11 is 0. The van der Waals surface area contributed by atoms with E-state index in [0.717, 1.165) is 0 Å². The molecule has 1 atom stereocenters. The first kappa shape index (κ1) is 10.3. The van der Waals surface area contributed by atoms with Crippen molar-refractivity contribution in [2.75, 3.05) is 7.11 Å². The lowest BCUT2D eigenvalue weighted by molar-refractivity contribution is -0.133. The van der Waals surface area contributed by atoms with Crippen LogP contribution in [0.3, 0.4) is 0 Å². The normalized spacial score (nSPS) is 11.0. The van der Waals surface area contributed by atoms with Crippen molar-refractivity contribution in [1.29, 1.82) is 0 Å². The van der Waals surface area contributed by atoms with E-state index in [0.29, 0.717) is 5.56 Å². The summed E-state index contributed by atoms with van der Waals surface area (Å²) in [4.78, 5) is 10.6. The fourth-order valence-corrected chi connectivity index (χ4v) is 0.897. The van der Waals surface area contributed by atoms with Gasteiger partial charge in [0.1, 0.15) is 6.10 Å². The summed E-state index contributed by atoms with van der Waals surface area (Å²) in [5.74, 6) is 3.90. The zero-order valence-corrected chi connectivity index (χ0v) is 7.73. The number of benzene rings is 1. The standard InChI is InChI=1S/C11H10O3/c1-14-11(13)8-7-10(12)9-5-3-2-4-6-9/h2-6,10,12H,1H3/t10-/m1/s1. The van der Waals surface area contributed by atoms with Gasteiger partial charge in [0.15, 0.2) is 0 Å². The second-order valence-electron chi connectivity index (χ2n) is 2.57. The molecule has 1 rings (SSSR count). The molecule has 0 aliphatic rings. The maximum Gasteiger partial charge on any atom is 0.384 e. The number of carbonyl (C=O) groups excluding carboxylic acids is 1. The summed E-state index contributed by atoms with van der Waals surface area (Å²) in [5, 5.41) is 9.48. The van der Waals surface area contributed by atoms with E-state index in [1.807, 2.05) is 6.07 Å². The van der Waals surface area contributed by atoms with Crippen molar-refractivity contribution >= 4 is 5.97 Å². The molecule has 0 unspecified atom stereocenters. The lowest BCUT2D eigenvalue weighted by Crippen LogP contribution is -1.98. The molecule has 0 bridgehead atoms. The molecule has 14 heavy (non-hydrogen) atoms. The van der Waals surface area contributed by atoms with Gasteiger partial charge in [0, 0.05) is 5.92 Å². The minimum absolute atomic E-state index is 0.653. The summed E-state index contributed by atoms with van der Waals surface area (Å²) in [6, 6.07) is 8.88. The molecule has 3 nitrogen and oxygen atoms in total. The molecular weight excluding hydrogens is 180 g/mol. The van der Waals surface area contributed by atoms with Crippen molar-refractivity contribution in [2.24, 2.45) is 0 Å². The molecule has 0 aromatic heterocycles. The third-order valence-electron chi connectivity index (χ3n) is 1.61. The first-order valence-corrected chi connectivity index (χ1v) is 4.06. The van der Waals surface area contributed by atoms with E-state index in [2.05, 4.69) is 16.6 Å². The van der Waals surface area contributed by atoms with Gasteiger partial charge in [0.25, 0.3) is 0 Å². The summed E-state index contributed by atoms with van der Waals surface area (Å²) in [7, 11) is 1.24. The minimum atomic E-state index is -0.949. The first-order valence-electron chi connectivity index (χ1n) is 4.06. The lowest BCUT2D eigenvalue weighted by Gasteiger charge is -2.01. The van der Waals surface area contributed by atoms with Gasteiger partial charge in [-0.1, -0.05) is 36.3 Å². The maximum atomic E-state index is 10.6. The number of hydrogen-bond donors (Lipinski definition) is 1. The van der Waals surface area contributed by atoms with Crippen LogP contribution in [0.2, 0.25) is 0 Å². The molecule has 0 radical (unpaired) electrons. The number of methoxy groups -OCH3 is 1. The van der Waals surface area contributed by atoms with Crippen LogP contribution in [-0.2, 0) is 9.53 Å². The Morgan fingerprint density at radius 1 is 1.43 bits per heavy atom. The number of esters is 1. The van der Waals surface area contributed by atoms with Gasteiger partial charge in [-0.25, -0.2) is 4.79 Å². The summed E-state index contributed by atoms with van der Waals surface area (Å²) < 4.78 is 4.31. The molecule has 0 aliphatic carbocycles. The smallest absolute Gasteiger partial charge is 0.384 e. The Labute approximate surface area is 82.3 Å². The molecule has 0 saturated carbocycles. The van der Waals surface area contributed by atoms with Crippen LogP contribution in [0.5, 0.6) is 0 Å². The van der Waals surface area contributed by atoms with Crippen molar-refractivity contribution in [1.82, 2.24) is 0 Å². The van der Waals surface area contributed by atoms with Crippen molar-refractivity contribution < 1.29 is 14.6 Å². The number of hydrogen-bond acceptors (Lipinski definition) is 3. The summed E-state index contributed by atoms with van der Waals surface area (Å²) in [6.45, 7) is 0. The maximum absolute atomic E-state index is 10.6. The van der Waals surface area contributed by atoms with Gasteiger partial charge in [-0.2, -0.15) is 0 Å². The topological polar surface area (TPSA) is 46.5 Å². The quantitative estimate of drug-likeness (QED) is 0.406. The van der Waals surface area contributed by atoms with E-state index >= 15 is 0 Å². The molecule has 0 aliphatic heterocycles. The molecule has 0 amide bonds. The Kier molecular flexibility index (Phi) is 3.71. The number of carbonyl (C=O) groups is 1. The van der Waals surface area contributed by atoms with Crippen LogP contribution in [-0.4, -0.2) is 18.2 Å². The molecule has 3 heteroatoms. The van der Waals surface area contributed by atoms with Crippen LogP contribution in [0, 0.1) is 11.8 Å². The van der Waals surface area contributed by atoms with Crippen molar-refractivity contribution in [3.8, 4) is 11.8 Å². The van der Waals surface area contributed by atoms with Crippen LogP contribution in [0.15, 0.2) is 30.3 Å². The molecule has 1 aromatic rings. The molecule has 0 fully saturated rings. The molecule has 1 aromatic carbocycles. The molecule has 0 saturated heterocycles. The van der Waals surface area contributed by atoms with Gasteiger partial charge in [0.2, 0.25) is 0 Å². The second kappa shape index (κ2) is 5.05. The van der Waals surface area contributed by atoms with E-state index in [1.54, 1.807) is 24.3 Å². The van der Waals surface area contributed by atoms with E-state index in [-0.39, 0.29) is 0 Å². The third kappa shape index (κ3) is 2.92. The third-order valence-corrected chi connectivity index (χ3v) is 1.61. The molecule has 1 N–H and O–H groups in total. The van der Waals surface area contributed by atoms with Crippen molar-refractivity contribution in [3.05, 3.63) is 35.9 Å². The minimum Gasteiger partial charge on any atom is -0.459 e. The SMILES string of the molecule is COC(=O)C#C[C@@H](O)c1ccccc1. The average Bonchev–Trinajstić information content (AvgIpc) is 2.26. The number of aliphatic hydroxyl groups excluding tert-OH is 1. The number of ether oxygens (including phenoxy) is 1. The van der Waals surface area contributed by atoms with Gasteiger partial charge in [0.05, 0.1) is 7.11 Å². The van der Waals surface area contributed by atoms with Crippen LogP contribution in [0.4, 0.5) is 0 Å². The van der Waals surface area contributed by atoms with Gasteiger partial charge in [-0.15, -0.1) is 0 Å². The van der Waals surface area contributed by atoms with Gasteiger partial charge in [-0.05, 0) is 5.56 Å². The van der Waals surface area contributed by atoms with E-state index in [1.165, 1.54) is 7.11 Å². The van der Waals surface area contributed by atoms with E-state index < -0.39 is 12.1 Å². The average molecular weight is 190 g/mol. The van der Waals surface area contributed by atoms with Gasteiger partial charge >= 0.3 is 5.97 Å². The Hall–Kier alpha value is -1.79. The van der Waals surface area contributed by atoms with E-state index in [9.17, 15) is 9.90 Å². The highest BCUT2D eigenvalue weighted by Crippen LogP contribution is 2.09. The molecule has 0 heterocycles. The Bertz CT molecular complexity index is 359. The highest BCUT2D eigenvalue weighted by atomic mass is 16.5. The largest absolute Gasteiger partial charge is 0.459 e. The number of aliphatic hydroxyl groups is 1. The first-order chi connectivity index (χ1) is 6.74. The zero-order valence-electron chi connectivity index (χ0n) is 7.73. The summed E-state index contributed by atoms with van der Waals surface area (Å²) in [6.07, 6.45) is -0.949. The Morgan fingerprint density at radius 3 is 2.64 bits per heavy atom. The lowest BCUT2D eigenvalue weighted by atomic mass is 10.1. The zero-order chi connectivity index (χ0) is 10.4. The fourth-order valence-electron chi connectivity index (χ4n) is 0.897. The van der Waals surface area contributed by atoms with Crippen LogP contribution < -0.4 is 0 Å². The fraction of sp³-hybridized carbons (Fsp3) is 0.182. The van der Waals surface area contributed by atoms with E-state index in [4.69, 9.17) is 0 Å². The monoisotopic (exact) mass is 190 g/mol. The van der Waals surface area contributed by atoms with Crippen LogP contribution >= 0.6 is 0 Å². The highest BCUT2D eigenvalue weighted by Gasteiger charge is 2.01. The van der Waals surface area contributed by atoms with Crippen molar-refractivity contribution in [2.45, 2.75) is 6.10 Å². The number of rotatable bonds is 1. The predicted molar refractivity (Wildman–Crippen MR) is 51.2 cm³/mol. The Balaban J connectivity index is 2.71. The molecule has 0 spiro atoms. The van der Waals surface area contributed by atoms with Gasteiger partial charge in [-0.3, -0.25) is 0 Å². The summed E-state index contributed by atoms with van der Waals surface area (Å²) in [5.41, 5.74) is 0.656. The van der Waals surface area contributed by atoms with Crippen LogP contribution in [0.25, 0.3) is 0 Å².